The number of nitrogens with zero attached hydrogens (tertiary/aromatic N) is 2. The maximum atomic E-state index is 12.0. The average molecular weight is 332 g/mol. The van der Waals surface area contributed by atoms with Crippen molar-refractivity contribution in [2.45, 2.75) is 12.8 Å². The number of benzene rings is 1. The number of morpholine rings is 1. The Morgan fingerprint density at radius 2 is 1.75 bits per heavy atom. The predicted octanol–water partition coefficient (Wildman–Crippen LogP) is 1.15. The van der Waals surface area contributed by atoms with Crippen LogP contribution in [0.4, 0.5) is 11.4 Å². The monoisotopic (exact) mass is 332 g/mol. The Labute approximate surface area is 144 Å². The van der Waals surface area contributed by atoms with Gasteiger partial charge in [0.25, 0.3) is 0 Å². The van der Waals surface area contributed by atoms with Crippen molar-refractivity contribution in [2.75, 3.05) is 69.2 Å². The first kappa shape index (κ1) is 17.2. The van der Waals surface area contributed by atoms with Crippen molar-refractivity contribution in [1.29, 1.82) is 0 Å². The van der Waals surface area contributed by atoms with Crippen LogP contribution >= 0.6 is 0 Å². The van der Waals surface area contributed by atoms with Crippen molar-refractivity contribution in [3.63, 3.8) is 0 Å². The van der Waals surface area contributed by atoms with E-state index in [2.05, 4.69) is 32.6 Å². The first-order valence-electron chi connectivity index (χ1n) is 8.97. The van der Waals surface area contributed by atoms with Gasteiger partial charge in [0.15, 0.2) is 0 Å². The lowest BCUT2D eigenvalue weighted by Gasteiger charge is -2.26. The maximum Gasteiger partial charge on any atom is 0.238 e. The van der Waals surface area contributed by atoms with Crippen LogP contribution in [0.5, 0.6) is 0 Å². The molecule has 2 saturated heterocycles. The fourth-order valence-electron chi connectivity index (χ4n) is 3.20. The Bertz CT molecular complexity index is 508. The summed E-state index contributed by atoms with van der Waals surface area (Å²) in [6.45, 7) is 7.99. The zero-order chi connectivity index (χ0) is 16.6. The quantitative estimate of drug-likeness (QED) is 0.734. The van der Waals surface area contributed by atoms with Crippen LogP contribution in [0, 0.1) is 0 Å². The van der Waals surface area contributed by atoms with E-state index in [0.717, 1.165) is 58.2 Å². The highest BCUT2D eigenvalue weighted by atomic mass is 16.5. The average Bonchev–Trinajstić information content (AvgIpc) is 3.15. The van der Waals surface area contributed by atoms with Gasteiger partial charge >= 0.3 is 0 Å². The van der Waals surface area contributed by atoms with Crippen LogP contribution in [-0.4, -0.2) is 69.8 Å². The molecule has 0 radical (unpaired) electrons. The molecule has 2 N–H and O–H groups in total. The summed E-state index contributed by atoms with van der Waals surface area (Å²) >= 11 is 0. The minimum atomic E-state index is 0.00546. The number of nitrogens with one attached hydrogen (secondary N) is 2. The Balaban J connectivity index is 1.33. The zero-order valence-corrected chi connectivity index (χ0v) is 14.3. The zero-order valence-electron chi connectivity index (χ0n) is 14.3. The van der Waals surface area contributed by atoms with E-state index in [0.29, 0.717) is 6.54 Å². The number of ether oxygens (including phenoxy) is 1. The van der Waals surface area contributed by atoms with Crippen LogP contribution in [0.3, 0.4) is 0 Å². The van der Waals surface area contributed by atoms with E-state index in [9.17, 15) is 4.79 Å². The van der Waals surface area contributed by atoms with Gasteiger partial charge < -0.3 is 20.3 Å². The largest absolute Gasteiger partial charge is 0.379 e. The highest BCUT2D eigenvalue weighted by Crippen LogP contribution is 2.21. The predicted molar refractivity (Wildman–Crippen MR) is 96.6 cm³/mol. The van der Waals surface area contributed by atoms with Gasteiger partial charge in [-0.15, -0.1) is 0 Å². The van der Waals surface area contributed by atoms with Crippen LogP contribution < -0.4 is 15.5 Å². The summed E-state index contributed by atoms with van der Waals surface area (Å²) in [4.78, 5) is 16.7. The molecule has 0 atom stereocenters. The lowest BCUT2D eigenvalue weighted by molar-refractivity contribution is -0.115. The number of carbonyl (C=O) groups is 1. The Morgan fingerprint density at radius 3 is 2.46 bits per heavy atom. The molecule has 0 bridgehead atoms. The van der Waals surface area contributed by atoms with Gasteiger partial charge in [-0.2, -0.15) is 0 Å². The van der Waals surface area contributed by atoms with Crippen molar-refractivity contribution >= 4 is 17.3 Å². The van der Waals surface area contributed by atoms with Crippen molar-refractivity contribution in [3.8, 4) is 0 Å². The minimum absolute atomic E-state index is 0.00546. The molecular formula is C18H28N4O2. The number of hydrogen-bond donors (Lipinski definition) is 2. The van der Waals surface area contributed by atoms with Gasteiger partial charge in [0.05, 0.1) is 19.8 Å². The molecule has 2 aliphatic rings. The molecule has 0 saturated carbocycles. The van der Waals surface area contributed by atoms with E-state index < -0.39 is 0 Å². The molecule has 6 nitrogen and oxygen atoms in total. The van der Waals surface area contributed by atoms with Gasteiger partial charge in [0.2, 0.25) is 5.91 Å². The summed E-state index contributed by atoms with van der Waals surface area (Å²) in [5.74, 6) is 0.00546. The molecule has 3 rings (SSSR count). The van der Waals surface area contributed by atoms with E-state index in [-0.39, 0.29) is 5.91 Å². The summed E-state index contributed by atoms with van der Waals surface area (Å²) in [5.41, 5.74) is 2.10. The van der Waals surface area contributed by atoms with Gasteiger partial charge in [0.1, 0.15) is 0 Å². The lowest BCUT2D eigenvalue weighted by atomic mass is 10.2. The molecule has 0 aromatic heterocycles. The number of carbonyl (C=O) groups excluding carboxylic acids is 1. The third-order valence-electron chi connectivity index (χ3n) is 4.62. The van der Waals surface area contributed by atoms with E-state index in [4.69, 9.17) is 4.74 Å². The molecule has 0 spiro atoms. The summed E-state index contributed by atoms with van der Waals surface area (Å²) in [5, 5.41) is 6.15. The number of hydrogen-bond acceptors (Lipinski definition) is 5. The van der Waals surface area contributed by atoms with Gasteiger partial charge in [-0.25, -0.2) is 0 Å². The molecule has 2 aliphatic heterocycles. The number of amides is 1. The maximum absolute atomic E-state index is 12.0. The van der Waals surface area contributed by atoms with Gasteiger partial charge in [-0.05, 0) is 37.1 Å². The van der Waals surface area contributed by atoms with Crippen LogP contribution in [0.1, 0.15) is 12.8 Å². The number of rotatable bonds is 7. The molecule has 6 heteroatoms. The second kappa shape index (κ2) is 9.01. The molecule has 132 valence electrons. The molecule has 2 heterocycles. The molecule has 1 amide bonds. The van der Waals surface area contributed by atoms with Crippen molar-refractivity contribution in [3.05, 3.63) is 24.3 Å². The Hall–Kier alpha value is -1.63. The van der Waals surface area contributed by atoms with E-state index in [1.165, 1.54) is 18.5 Å². The third kappa shape index (κ3) is 5.19. The normalized spacial score (nSPS) is 18.8. The summed E-state index contributed by atoms with van der Waals surface area (Å²) in [6, 6.07) is 8.15. The highest BCUT2D eigenvalue weighted by molar-refractivity contribution is 5.92. The molecule has 24 heavy (non-hydrogen) atoms. The first-order chi connectivity index (χ1) is 11.8. The lowest BCUT2D eigenvalue weighted by Crippen LogP contribution is -2.41. The van der Waals surface area contributed by atoms with Crippen LogP contribution in [0.25, 0.3) is 0 Å². The van der Waals surface area contributed by atoms with E-state index in [1.54, 1.807) is 0 Å². The summed E-state index contributed by atoms with van der Waals surface area (Å²) in [7, 11) is 0. The van der Waals surface area contributed by atoms with Crippen molar-refractivity contribution in [1.82, 2.24) is 10.2 Å². The van der Waals surface area contributed by atoms with E-state index >= 15 is 0 Å². The molecule has 1 aromatic rings. The fourth-order valence-corrected chi connectivity index (χ4v) is 3.20. The first-order valence-corrected chi connectivity index (χ1v) is 8.97. The minimum Gasteiger partial charge on any atom is -0.379 e. The second-order valence-electron chi connectivity index (χ2n) is 6.42. The van der Waals surface area contributed by atoms with Crippen LogP contribution in [0.15, 0.2) is 24.3 Å². The van der Waals surface area contributed by atoms with E-state index in [1.807, 2.05) is 12.1 Å². The molecule has 0 aliphatic carbocycles. The van der Waals surface area contributed by atoms with Crippen LogP contribution in [-0.2, 0) is 9.53 Å². The topological polar surface area (TPSA) is 56.8 Å². The van der Waals surface area contributed by atoms with Gasteiger partial charge in [-0.1, -0.05) is 0 Å². The van der Waals surface area contributed by atoms with Crippen LogP contribution in [0.2, 0.25) is 0 Å². The Kier molecular flexibility index (Phi) is 6.46. The molecule has 0 unspecified atom stereocenters. The molecule has 1 aromatic carbocycles. The van der Waals surface area contributed by atoms with Crippen molar-refractivity contribution < 1.29 is 9.53 Å². The highest BCUT2D eigenvalue weighted by Gasteiger charge is 2.12. The standard InChI is InChI=1S/C18H28N4O2/c23-18(15-19-7-10-21-11-13-24-14-12-21)20-16-3-5-17(6-4-16)22-8-1-2-9-22/h3-6,19H,1-2,7-15H2,(H,20,23). The second-order valence-corrected chi connectivity index (χ2v) is 6.42. The summed E-state index contributed by atoms with van der Waals surface area (Å²) in [6.07, 6.45) is 2.54. The molecule has 2 fully saturated rings. The third-order valence-corrected chi connectivity index (χ3v) is 4.62. The van der Waals surface area contributed by atoms with Gasteiger partial charge in [-0.3, -0.25) is 9.69 Å². The summed E-state index contributed by atoms with van der Waals surface area (Å²) < 4.78 is 5.32. The van der Waals surface area contributed by atoms with Gasteiger partial charge in [0, 0.05) is 50.6 Å². The smallest absolute Gasteiger partial charge is 0.238 e. The molecular weight excluding hydrogens is 304 g/mol. The SMILES string of the molecule is O=C(CNCCN1CCOCC1)Nc1ccc(N2CCCC2)cc1. The Morgan fingerprint density at radius 1 is 1.04 bits per heavy atom. The fraction of sp³-hybridized carbons (Fsp3) is 0.611. The number of anilines is 2. The van der Waals surface area contributed by atoms with Crippen molar-refractivity contribution in [2.24, 2.45) is 0 Å².